The number of aromatic nitrogens is 2. The van der Waals surface area contributed by atoms with Gasteiger partial charge in [0, 0.05) is 23.3 Å². The fourth-order valence-electron chi connectivity index (χ4n) is 2.61. The first-order valence-corrected chi connectivity index (χ1v) is 6.80. The van der Waals surface area contributed by atoms with E-state index in [-0.39, 0.29) is 5.91 Å². The van der Waals surface area contributed by atoms with Crippen LogP contribution in [0.2, 0.25) is 0 Å². The standard InChI is InChI=1S/C16H13N3O2/c20-16-12-4-3-10(8-14(12)21-7-6-18-16)13-9-19-15-11(13)2-1-5-17-15/h1-5,8-9H,6-7H2,(H,17,19)(H,18,20). The first-order valence-electron chi connectivity index (χ1n) is 6.80. The van der Waals surface area contributed by atoms with Gasteiger partial charge in [-0.25, -0.2) is 4.98 Å². The van der Waals surface area contributed by atoms with Crippen LogP contribution in [0.1, 0.15) is 10.4 Å². The molecule has 3 aromatic rings. The Balaban J connectivity index is 1.86. The van der Waals surface area contributed by atoms with E-state index < -0.39 is 0 Å². The van der Waals surface area contributed by atoms with Crippen LogP contribution in [0, 0.1) is 0 Å². The van der Waals surface area contributed by atoms with Crippen LogP contribution in [0.4, 0.5) is 0 Å². The van der Waals surface area contributed by atoms with Crippen LogP contribution >= 0.6 is 0 Å². The van der Waals surface area contributed by atoms with Crippen molar-refractivity contribution in [2.75, 3.05) is 13.2 Å². The summed E-state index contributed by atoms with van der Waals surface area (Å²) in [4.78, 5) is 19.4. The lowest BCUT2D eigenvalue weighted by Crippen LogP contribution is -2.24. The number of pyridine rings is 1. The summed E-state index contributed by atoms with van der Waals surface area (Å²) in [5, 5.41) is 3.86. The summed E-state index contributed by atoms with van der Waals surface area (Å²) >= 11 is 0. The van der Waals surface area contributed by atoms with Gasteiger partial charge in [0.15, 0.2) is 0 Å². The van der Waals surface area contributed by atoms with Gasteiger partial charge in [-0.3, -0.25) is 4.79 Å². The number of rotatable bonds is 1. The van der Waals surface area contributed by atoms with Crippen LogP contribution in [-0.4, -0.2) is 29.0 Å². The smallest absolute Gasteiger partial charge is 0.255 e. The molecule has 2 aromatic heterocycles. The summed E-state index contributed by atoms with van der Waals surface area (Å²) in [6.45, 7) is 1.01. The molecule has 0 aliphatic carbocycles. The molecule has 5 heteroatoms. The molecule has 21 heavy (non-hydrogen) atoms. The second-order valence-corrected chi connectivity index (χ2v) is 4.92. The second kappa shape index (κ2) is 4.63. The van der Waals surface area contributed by atoms with Gasteiger partial charge in [-0.05, 0) is 29.8 Å². The first kappa shape index (κ1) is 12.0. The third-order valence-electron chi connectivity index (χ3n) is 3.63. The van der Waals surface area contributed by atoms with E-state index in [9.17, 15) is 4.79 Å². The fourth-order valence-corrected chi connectivity index (χ4v) is 2.61. The van der Waals surface area contributed by atoms with Crippen LogP contribution in [0.3, 0.4) is 0 Å². The number of aromatic amines is 1. The zero-order chi connectivity index (χ0) is 14.2. The molecule has 0 spiro atoms. The highest BCUT2D eigenvalue weighted by Crippen LogP contribution is 2.32. The van der Waals surface area contributed by atoms with Crippen molar-refractivity contribution in [1.82, 2.24) is 15.3 Å². The Morgan fingerprint density at radius 2 is 2.14 bits per heavy atom. The number of carbonyl (C=O) groups is 1. The van der Waals surface area contributed by atoms with Gasteiger partial charge >= 0.3 is 0 Å². The maximum absolute atomic E-state index is 11.9. The minimum absolute atomic E-state index is 0.0883. The average Bonchev–Trinajstić information content (AvgIpc) is 2.86. The number of nitrogens with one attached hydrogen (secondary N) is 2. The van der Waals surface area contributed by atoms with Gasteiger partial charge in [-0.15, -0.1) is 0 Å². The lowest BCUT2D eigenvalue weighted by Gasteiger charge is -2.07. The van der Waals surface area contributed by atoms with Crippen LogP contribution in [-0.2, 0) is 0 Å². The van der Waals surface area contributed by atoms with Crippen molar-refractivity contribution < 1.29 is 9.53 Å². The van der Waals surface area contributed by atoms with Crippen molar-refractivity contribution in [3.05, 3.63) is 48.3 Å². The van der Waals surface area contributed by atoms with Crippen molar-refractivity contribution >= 4 is 16.9 Å². The van der Waals surface area contributed by atoms with Crippen molar-refractivity contribution in [1.29, 1.82) is 0 Å². The lowest BCUT2D eigenvalue weighted by atomic mass is 10.0. The zero-order valence-electron chi connectivity index (χ0n) is 11.2. The van der Waals surface area contributed by atoms with E-state index in [1.807, 2.05) is 30.5 Å². The number of hydrogen-bond acceptors (Lipinski definition) is 3. The highest BCUT2D eigenvalue weighted by Gasteiger charge is 2.17. The number of benzene rings is 1. The number of amides is 1. The Morgan fingerprint density at radius 3 is 3.10 bits per heavy atom. The Morgan fingerprint density at radius 1 is 1.19 bits per heavy atom. The summed E-state index contributed by atoms with van der Waals surface area (Å²) in [7, 11) is 0. The summed E-state index contributed by atoms with van der Waals surface area (Å²) < 4.78 is 5.66. The summed E-state index contributed by atoms with van der Waals surface area (Å²) in [5.74, 6) is 0.537. The molecule has 1 amide bonds. The minimum atomic E-state index is -0.0883. The topological polar surface area (TPSA) is 67.0 Å². The Labute approximate surface area is 121 Å². The molecule has 0 fully saturated rings. The summed E-state index contributed by atoms with van der Waals surface area (Å²) in [6.07, 6.45) is 3.68. The van der Waals surface area contributed by atoms with Gasteiger partial charge < -0.3 is 15.0 Å². The first-order chi connectivity index (χ1) is 10.3. The predicted octanol–water partition coefficient (Wildman–Crippen LogP) is 2.35. The molecule has 0 atom stereocenters. The molecule has 1 aromatic carbocycles. The molecule has 5 nitrogen and oxygen atoms in total. The number of H-pyrrole nitrogens is 1. The molecule has 0 saturated heterocycles. The number of ether oxygens (including phenoxy) is 1. The molecule has 0 bridgehead atoms. The van der Waals surface area contributed by atoms with E-state index in [4.69, 9.17) is 4.74 Å². The van der Waals surface area contributed by atoms with E-state index in [1.165, 1.54) is 0 Å². The van der Waals surface area contributed by atoms with Gasteiger partial charge in [0.25, 0.3) is 5.91 Å². The van der Waals surface area contributed by atoms with Crippen LogP contribution < -0.4 is 10.1 Å². The molecule has 0 saturated carbocycles. The SMILES string of the molecule is O=C1NCCOc2cc(-c3c[nH]c4ncccc34)ccc21. The van der Waals surface area contributed by atoms with E-state index in [0.29, 0.717) is 24.5 Å². The number of fused-ring (bicyclic) bond motifs is 2. The summed E-state index contributed by atoms with van der Waals surface area (Å²) in [6, 6.07) is 9.58. The van der Waals surface area contributed by atoms with Crippen LogP contribution in [0.25, 0.3) is 22.2 Å². The maximum Gasteiger partial charge on any atom is 0.255 e. The van der Waals surface area contributed by atoms with Crippen molar-refractivity contribution in [3.63, 3.8) is 0 Å². The summed E-state index contributed by atoms with van der Waals surface area (Å²) in [5.41, 5.74) is 3.48. The van der Waals surface area contributed by atoms with E-state index >= 15 is 0 Å². The Bertz CT molecular complexity index is 838. The number of carbonyl (C=O) groups excluding carboxylic acids is 1. The quantitative estimate of drug-likeness (QED) is 0.718. The third kappa shape index (κ3) is 1.94. The molecular formula is C16H13N3O2. The molecule has 0 radical (unpaired) electrons. The normalized spacial score (nSPS) is 14.2. The fraction of sp³-hybridized carbons (Fsp3) is 0.125. The zero-order valence-corrected chi connectivity index (χ0v) is 11.2. The van der Waals surface area contributed by atoms with Gasteiger partial charge in [-0.2, -0.15) is 0 Å². The highest BCUT2D eigenvalue weighted by atomic mass is 16.5. The minimum Gasteiger partial charge on any atom is -0.491 e. The molecule has 1 aliphatic rings. The molecule has 1 aliphatic heterocycles. The Kier molecular flexibility index (Phi) is 2.64. The van der Waals surface area contributed by atoms with Gasteiger partial charge in [0.1, 0.15) is 18.0 Å². The van der Waals surface area contributed by atoms with Gasteiger partial charge in [0.2, 0.25) is 0 Å². The number of nitrogens with zero attached hydrogens (tertiary/aromatic N) is 1. The van der Waals surface area contributed by atoms with Gasteiger partial charge in [-0.1, -0.05) is 6.07 Å². The highest BCUT2D eigenvalue weighted by molar-refractivity contribution is 5.99. The molecule has 4 rings (SSSR count). The van der Waals surface area contributed by atoms with Crippen molar-refractivity contribution in [3.8, 4) is 16.9 Å². The third-order valence-corrected chi connectivity index (χ3v) is 3.63. The molecule has 2 N–H and O–H groups in total. The maximum atomic E-state index is 11.9. The van der Waals surface area contributed by atoms with E-state index in [1.54, 1.807) is 12.3 Å². The monoisotopic (exact) mass is 279 g/mol. The predicted molar refractivity (Wildman–Crippen MR) is 79.4 cm³/mol. The van der Waals surface area contributed by atoms with E-state index in [2.05, 4.69) is 15.3 Å². The lowest BCUT2D eigenvalue weighted by molar-refractivity contribution is 0.0957. The molecule has 3 heterocycles. The second-order valence-electron chi connectivity index (χ2n) is 4.92. The van der Waals surface area contributed by atoms with Gasteiger partial charge in [0.05, 0.1) is 12.1 Å². The number of hydrogen-bond donors (Lipinski definition) is 2. The van der Waals surface area contributed by atoms with Crippen molar-refractivity contribution in [2.24, 2.45) is 0 Å². The molecule has 104 valence electrons. The average molecular weight is 279 g/mol. The Hall–Kier alpha value is -2.82. The molecular weight excluding hydrogens is 266 g/mol. The van der Waals surface area contributed by atoms with Crippen LogP contribution in [0.15, 0.2) is 42.7 Å². The van der Waals surface area contributed by atoms with Crippen molar-refractivity contribution in [2.45, 2.75) is 0 Å². The molecule has 0 unspecified atom stereocenters. The largest absolute Gasteiger partial charge is 0.491 e. The van der Waals surface area contributed by atoms with E-state index in [0.717, 1.165) is 22.2 Å². The van der Waals surface area contributed by atoms with Crippen LogP contribution in [0.5, 0.6) is 5.75 Å².